The van der Waals surface area contributed by atoms with Gasteiger partial charge in [-0.05, 0) is 12.5 Å². The van der Waals surface area contributed by atoms with Gasteiger partial charge in [0.1, 0.15) is 5.69 Å². The van der Waals surface area contributed by atoms with E-state index in [9.17, 15) is 22.8 Å². The molecular formula is C14H15F3N4O3. The zero-order valence-electron chi connectivity index (χ0n) is 12.7. The summed E-state index contributed by atoms with van der Waals surface area (Å²) in [6.07, 6.45) is -2.72. The van der Waals surface area contributed by atoms with E-state index >= 15 is 0 Å². The molecule has 2 aromatic heterocycles. The minimum absolute atomic E-state index is 0.000472. The highest BCUT2D eigenvalue weighted by molar-refractivity contribution is 5.90. The molecule has 0 radical (unpaired) electrons. The van der Waals surface area contributed by atoms with Crippen LogP contribution in [0.5, 0.6) is 0 Å². The fraction of sp³-hybridized carbons (Fsp3) is 0.429. The van der Waals surface area contributed by atoms with E-state index in [0.29, 0.717) is 43.2 Å². The summed E-state index contributed by atoms with van der Waals surface area (Å²) in [4.78, 5) is 29.3. The number of aryl methyl sites for hydroxylation is 2. The number of carbonyl (C=O) groups is 1. The summed E-state index contributed by atoms with van der Waals surface area (Å²) in [5, 5.41) is 5.88. The molecule has 24 heavy (non-hydrogen) atoms. The molecule has 2 aromatic rings. The lowest BCUT2D eigenvalue weighted by molar-refractivity contribution is -0.137. The summed E-state index contributed by atoms with van der Waals surface area (Å²) in [6.45, 7) is 1.87. The number of carbonyl (C=O) groups excluding carboxylic acids is 1. The average Bonchev–Trinajstić information content (AvgIpc) is 2.96. The quantitative estimate of drug-likeness (QED) is 0.837. The zero-order valence-corrected chi connectivity index (χ0v) is 12.7. The van der Waals surface area contributed by atoms with Gasteiger partial charge in [-0.1, -0.05) is 12.1 Å². The van der Waals surface area contributed by atoms with Crippen LogP contribution in [0, 0.1) is 0 Å². The highest BCUT2D eigenvalue weighted by Crippen LogP contribution is 2.29. The number of halogens is 3. The minimum atomic E-state index is -4.61. The first-order valence-electron chi connectivity index (χ1n) is 7.21. The van der Waals surface area contributed by atoms with Gasteiger partial charge in [0.15, 0.2) is 5.82 Å². The van der Waals surface area contributed by atoms with Crippen LogP contribution in [-0.2, 0) is 23.8 Å². The molecule has 0 spiro atoms. The Hall–Kier alpha value is -2.65. The van der Waals surface area contributed by atoms with Gasteiger partial charge in [-0.15, -0.1) is 0 Å². The lowest BCUT2D eigenvalue weighted by Gasteiger charge is -2.09. The van der Waals surface area contributed by atoms with Crippen molar-refractivity contribution in [3.8, 4) is 0 Å². The summed E-state index contributed by atoms with van der Waals surface area (Å²) >= 11 is 0. The van der Waals surface area contributed by atoms with Gasteiger partial charge in [0.25, 0.3) is 5.56 Å². The van der Waals surface area contributed by atoms with Crippen molar-refractivity contribution >= 4 is 11.6 Å². The van der Waals surface area contributed by atoms with Crippen molar-refractivity contribution in [2.45, 2.75) is 38.8 Å². The van der Waals surface area contributed by atoms with Crippen molar-refractivity contribution in [2.75, 3.05) is 5.32 Å². The number of nitrogens with one attached hydrogen (secondary N) is 2. The first-order chi connectivity index (χ1) is 11.3. The summed E-state index contributed by atoms with van der Waals surface area (Å²) in [7, 11) is 0. The van der Waals surface area contributed by atoms with Crippen LogP contribution in [0.1, 0.15) is 37.0 Å². The number of pyridine rings is 1. The Morgan fingerprint density at radius 2 is 2.17 bits per heavy atom. The first-order valence-corrected chi connectivity index (χ1v) is 7.21. The third-order valence-corrected chi connectivity index (χ3v) is 3.13. The maximum atomic E-state index is 12.6. The second-order valence-corrected chi connectivity index (χ2v) is 4.99. The Labute approximate surface area is 134 Å². The van der Waals surface area contributed by atoms with Gasteiger partial charge in [-0.3, -0.25) is 9.59 Å². The molecular weight excluding hydrogens is 329 g/mol. The number of aromatic nitrogens is 3. The normalized spacial score (nSPS) is 11.5. The number of anilines is 1. The summed E-state index contributed by atoms with van der Waals surface area (Å²) in [5.41, 5.74) is -2.29. The molecule has 2 N–H and O–H groups in total. The van der Waals surface area contributed by atoms with Crippen molar-refractivity contribution in [1.29, 1.82) is 0 Å². The van der Waals surface area contributed by atoms with Crippen LogP contribution in [-0.4, -0.2) is 21.0 Å². The van der Waals surface area contributed by atoms with Crippen LogP contribution < -0.4 is 10.9 Å². The van der Waals surface area contributed by atoms with Crippen molar-refractivity contribution in [3.63, 3.8) is 0 Å². The van der Waals surface area contributed by atoms with Gasteiger partial charge in [0.2, 0.25) is 11.8 Å². The lowest BCUT2D eigenvalue weighted by Crippen LogP contribution is -2.21. The van der Waals surface area contributed by atoms with Crippen LogP contribution in [0.4, 0.5) is 18.9 Å². The van der Waals surface area contributed by atoms with E-state index in [1.54, 1.807) is 0 Å². The molecule has 0 aliphatic carbocycles. The first kappa shape index (κ1) is 17.7. The van der Waals surface area contributed by atoms with E-state index in [1.165, 1.54) is 0 Å². The number of hydrogen-bond donors (Lipinski definition) is 2. The molecule has 10 heteroatoms. The van der Waals surface area contributed by atoms with Gasteiger partial charge in [-0.25, -0.2) is 0 Å². The van der Waals surface area contributed by atoms with Gasteiger partial charge in [-0.2, -0.15) is 18.2 Å². The number of hydrogen-bond acceptors (Lipinski definition) is 5. The second kappa shape index (κ2) is 7.28. The molecule has 130 valence electrons. The summed E-state index contributed by atoms with van der Waals surface area (Å²) < 4.78 is 42.8. The molecule has 0 aliphatic heterocycles. The molecule has 0 unspecified atom stereocenters. The Morgan fingerprint density at radius 3 is 2.79 bits per heavy atom. The molecule has 0 bridgehead atoms. The van der Waals surface area contributed by atoms with Gasteiger partial charge in [0.05, 0.1) is 5.56 Å². The number of H-pyrrole nitrogens is 1. The predicted molar refractivity (Wildman–Crippen MR) is 77.3 cm³/mol. The molecule has 2 heterocycles. The second-order valence-electron chi connectivity index (χ2n) is 4.99. The Morgan fingerprint density at radius 1 is 1.42 bits per heavy atom. The van der Waals surface area contributed by atoms with E-state index in [2.05, 4.69) is 15.5 Å². The Balaban J connectivity index is 1.91. The number of nitrogens with zero attached hydrogens (tertiary/aromatic N) is 2. The third-order valence-electron chi connectivity index (χ3n) is 3.13. The average molecular weight is 344 g/mol. The number of amides is 1. The van der Waals surface area contributed by atoms with Crippen LogP contribution in [0.2, 0.25) is 0 Å². The van der Waals surface area contributed by atoms with Crippen molar-refractivity contribution < 1.29 is 22.5 Å². The van der Waals surface area contributed by atoms with Crippen molar-refractivity contribution in [3.05, 3.63) is 39.9 Å². The van der Waals surface area contributed by atoms with Crippen LogP contribution in [0.15, 0.2) is 21.6 Å². The third kappa shape index (κ3) is 4.67. The molecule has 0 saturated carbocycles. The van der Waals surface area contributed by atoms with Crippen LogP contribution in [0.3, 0.4) is 0 Å². The zero-order chi connectivity index (χ0) is 17.7. The van der Waals surface area contributed by atoms with Gasteiger partial charge in [0, 0.05) is 25.5 Å². The van der Waals surface area contributed by atoms with E-state index in [4.69, 9.17) is 4.52 Å². The fourth-order valence-corrected chi connectivity index (χ4v) is 1.89. The SMILES string of the molecule is CCc1noc(CCCC(=O)Nc2cc(C(F)(F)F)c[nH]c2=O)n1. The molecule has 1 amide bonds. The van der Waals surface area contributed by atoms with Crippen molar-refractivity contribution in [2.24, 2.45) is 0 Å². The number of rotatable bonds is 6. The smallest absolute Gasteiger partial charge is 0.339 e. The summed E-state index contributed by atoms with van der Waals surface area (Å²) in [6, 6.07) is 0.599. The monoisotopic (exact) mass is 344 g/mol. The highest BCUT2D eigenvalue weighted by Gasteiger charge is 2.31. The number of aromatic amines is 1. The van der Waals surface area contributed by atoms with E-state index in [0.717, 1.165) is 0 Å². The van der Waals surface area contributed by atoms with Crippen LogP contribution in [0.25, 0.3) is 0 Å². The maximum absolute atomic E-state index is 12.6. The van der Waals surface area contributed by atoms with E-state index < -0.39 is 28.9 Å². The van der Waals surface area contributed by atoms with E-state index in [-0.39, 0.29) is 6.42 Å². The Kier molecular flexibility index (Phi) is 5.37. The molecule has 0 atom stereocenters. The lowest BCUT2D eigenvalue weighted by atomic mass is 10.2. The topological polar surface area (TPSA) is 101 Å². The molecule has 0 aromatic carbocycles. The van der Waals surface area contributed by atoms with Crippen LogP contribution >= 0.6 is 0 Å². The maximum Gasteiger partial charge on any atom is 0.417 e. The van der Waals surface area contributed by atoms with E-state index in [1.807, 2.05) is 11.9 Å². The molecule has 2 rings (SSSR count). The Bertz CT molecular complexity index is 767. The molecule has 0 aliphatic rings. The van der Waals surface area contributed by atoms with Crippen molar-refractivity contribution in [1.82, 2.24) is 15.1 Å². The predicted octanol–water partition coefficient (Wildman–Crippen LogP) is 2.30. The summed E-state index contributed by atoms with van der Waals surface area (Å²) in [5.74, 6) is 0.372. The number of alkyl halides is 3. The molecule has 0 saturated heterocycles. The largest absolute Gasteiger partial charge is 0.417 e. The van der Waals surface area contributed by atoms with Gasteiger partial charge >= 0.3 is 6.18 Å². The minimum Gasteiger partial charge on any atom is -0.339 e. The standard InChI is InChI=1S/C14H15F3N4O3/c1-2-10-20-12(24-21-10)5-3-4-11(22)19-9-6-8(14(15,16)17)7-18-13(9)23/h6-7H,2-5H2,1H3,(H,18,23)(H,19,22). The molecule has 0 fully saturated rings. The molecule has 7 nitrogen and oxygen atoms in total. The fourth-order valence-electron chi connectivity index (χ4n) is 1.89. The van der Waals surface area contributed by atoms with Gasteiger partial charge < -0.3 is 14.8 Å². The highest BCUT2D eigenvalue weighted by atomic mass is 19.4.